The van der Waals surface area contributed by atoms with Crippen LogP contribution in [0.2, 0.25) is 0 Å². The Kier molecular flexibility index (Phi) is 3.16. The monoisotopic (exact) mass is 261 g/mol. The van der Waals surface area contributed by atoms with Crippen LogP contribution in [0.1, 0.15) is 18.0 Å². The summed E-state index contributed by atoms with van der Waals surface area (Å²) in [6.07, 6.45) is 0.0768. The Balaban J connectivity index is 2.33. The Morgan fingerprint density at radius 1 is 1.33 bits per heavy atom. The molecule has 1 aliphatic rings. The lowest BCUT2D eigenvalue weighted by atomic mass is 9.99. The molecular weight excluding hydrogens is 251 g/mol. The number of benzene rings is 1. The number of carboxylic acids is 1. The number of phenols is 1. The van der Waals surface area contributed by atoms with Gasteiger partial charge in [0.05, 0.1) is 5.92 Å². The van der Waals surface area contributed by atoms with E-state index >= 15 is 0 Å². The fourth-order valence-corrected chi connectivity index (χ4v) is 2.03. The lowest BCUT2D eigenvalue weighted by Crippen LogP contribution is -2.17. The third-order valence-corrected chi connectivity index (χ3v) is 3.02. The summed E-state index contributed by atoms with van der Waals surface area (Å²) in [6.45, 7) is 0.125. The van der Waals surface area contributed by atoms with Crippen molar-refractivity contribution in [1.82, 2.24) is 5.32 Å². The van der Waals surface area contributed by atoms with Crippen LogP contribution in [0.5, 0.6) is 5.75 Å². The van der Waals surface area contributed by atoms with E-state index in [4.69, 9.17) is 5.11 Å². The molecule has 0 bridgehead atoms. The molecule has 1 heterocycles. The van der Waals surface area contributed by atoms with Gasteiger partial charge in [-0.15, -0.1) is 0 Å². The van der Waals surface area contributed by atoms with E-state index in [1.807, 2.05) is 0 Å². The molecule has 0 aromatic heterocycles. The fourth-order valence-electron chi connectivity index (χ4n) is 2.03. The van der Waals surface area contributed by atoms with Gasteiger partial charge in [0.2, 0.25) is 5.82 Å². The molecule has 0 amide bonds. The van der Waals surface area contributed by atoms with Gasteiger partial charge in [0.25, 0.3) is 0 Å². The summed E-state index contributed by atoms with van der Waals surface area (Å²) >= 11 is 0. The van der Waals surface area contributed by atoms with Crippen LogP contribution in [-0.4, -0.2) is 22.7 Å². The zero-order valence-electron chi connectivity index (χ0n) is 9.08. The lowest BCUT2D eigenvalue weighted by Gasteiger charge is -2.13. The van der Waals surface area contributed by atoms with Crippen LogP contribution < -0.4 is 5.32 Å². The minimum absolute atomic E-state index is 0.0768. The van der Waals surface area contributed by atoms with Gasteiger partial charge in [-0.2, -0.15) is 4.39 Å². The molecule has 1 saturated heterocycles. The highest BCUT2D eigenvalue weighted by molar-refractivity contribution is 5.71. The zero-order valence-corrected chi connectivity index (χ0v) is 9.08. The summed E-state index contributed by atoms with van der Waals surface area (Å²) in [6, 6.07) is -0.0361. The van der Waals surface area contributed by atoms with Gasteiger partial charge in [0.1, 0.15) is 0 Å². The van der Waals surface area contributed by atoms with Crippen molar-refractivity contribution < 1.29 is 28.2 Å². The van der Waals surface area contributed by atoms with E-state index in [1.165, 1.54) is 0 Å². The Hall–Kier alpha value is -1.76. The normalized spacial score (nSPS) is 23.3. The van der Waals surface area contributed by atoms with E-state index in [1.54, 1.807) is 0 Å². The molecule has 2 atom stereocenters. The molecule has 4 nitrogen and oxygen atoms in total. The summed E-state index contributed by atoms with van der Waals surface area (Å²) in [5.74, 6) is -7.55. The largest absolute Gasteiger partial charge is 0.505 e. The molecule has 0 aliphatic carbocycles. The van der Waals surface area contributed by atoms with Crippen LogP contribution in [-0.2, 0) is 4.79 Å². The van der Waals surface area contributed by atoms with E-state index in [0.717, 1.165) is 0 Å². The molecule has 0 saturated carbocycles. The SMILES string of the molecule is O=C(O)C1CNC(c2cc(F)c(F)c(F)c2O)C1. The second kappa shape index (κ2) is 4.49. The van der Waals surface area contributed by atoms with Gasteiger partial charge >= 0.3 is 5.97 Å². The number of rotatable bonds is 2. The fraction of sp³-hybridized carbons (Fsp3) is 0.364. The molecule has 1 aliphatic heterocycles. The van der Waals surface area contributed by atoms with Gasteiger partial charge in [-0.3, -0.25) is 4.79 Å². The number of carbonyl (C=O) groups is 1. The number of aromatic hydroxyl groups is 1. The third kappa shape index (κ3) is 2.01. The summed E-state index contributed by atoms with van der Waals surface area (Å²) in [4.78, 5) is 10.7. The molecule has 98 valence electrons. The van der Waals surface area contributed by atoms with Crippen LogP contribution in [0.15, 0.2) is 6.07 Å². The van der Waals surface area contributed by atoms with E-state index < -0.39 is 41.1 Å². The highest BCUT2D eigenvalue weighted by atomic mass is 19.2. The van der Waals surface area contributed by atoms with Crippen LogP contribution in [0.3, 0.4) is 0 Å². The van der Waals surface area contributed by atoms with E-state index in [-0.39, 0.29) is 18.5 Å². The smallest absolute Gasteiger partial charge is 0.307 e. The quantitative estimate of drug-likeness (QED) is 0.706. The highest BCUT2D eigenvalue weighted by Gasteiger charge is 2.33. The van der Waals surface area contributed by atoms with Crippen LogP contribution in [0.4, 0.5) is 13.2 Å². The van der Waals surface area contributed by atoms with Crippen molar-refractivity contribution in [2.24, 2.45) is 5.92 Å². The Labute approximate surface area is 100 Å². The topological polar surface area (TPSA) is 69.6 Å². The summed E-state index contributed by atoms with van der Waals surface area (Å²) in [7, 11) is 0. The van der Waals surface area contributed by atoms with Crippen molar-refractivity contribution in [3.8, 4) is 5.75 Å². The first-order valence-electron chi connectivity index (χ1n) is 5.24. The second-order valence-electron chi connectivity index (χ2n) is 4.16. The first kappa shape index (κ1) is 12.7. The first-order chi connectivity index (χ1) is 8.41. The predicted molar refractivity (Wildman–Crippen MR) is 54.5 cm³/mol. The molecule has 2 unspecified atom stereocenters. The van der Waals surface area contributed by atoms with E-state index in [9.17, 15) is 23.1 Å². The Bertz CT molecular complexity index is 507. The second-order valence-corrected chi connectivity index (χ2v) is 4.16. The van der Waals surface area contributed by atoms with Crippen molar-refractivity contribution in [1.29, 1.82) is 0 Å². The number of hydrogen-bond donors (Lipinski definition) is 3. The van der Waals surface area contributed by atoms with Crippen molar-refractivity contribution in [2.45, 2.75) is 12.5 Å². The van der Waals surface area contributed by atoms with Crippen LogP contribution >= 0.6 is 0 Å². The molecule has 1 fully saturated rings. The van der Waals surface area contributed by atoms with Crippen LogP contribution in [0, 0.1) is 23.4 Å². The molecule has 7 heteroatoms. The van der Waals surface area contributed by atoms with E-state index in [0.29, 0.717) is 6.07 Å². The molecule has 3 N–H and O–H groups in total. The van der Waals surface area contributed by atoms with Gasteiger partial charge < -0.3 is 15.5 Å². The van der Waals surface area contributed by atoms with Crippen molar-refractivity contribution in [3.63, 3.8) is 0 Å². The average Bonchev–Trinajstić information content (AvgIpc) is 2.80. The van der Waals surface area contributed by atoms with Crippen molar-refractivity contribution in [2.75, 3.05) is 6.54 Å². The van der Waals surface area contributed by atoms with Gasteiger partial charge in [-0.25, -0.2) is 8.78 Å². The third-order valence-electron chi connectivity index (χ3n) is 3.02. The van der Waals surface area contributed by atoms with Crippen molar-refractivity contribution >= 4 is 5.97 Å². The molecule has 0 radical (unpaired) electrons. The maximum absolute atomic E-state index is 13.2. The minimum Gasteiger partial charge on any atom is -0.505 e. The number of carboxylic acid groups (broad SMARTS) is 1. The number of hydrogen-bond acceptors (Lipinski definition) is 3. The molecule has 18 heavy (non-hydrogen) atoms. The number of aliphatic carboxylic acids is 1. The number of nitrogens with one attached hydrogen (secondary N) is 1. The summed E-state index contributed by atoms with van der Waals surface area (Å²) in [5, 5.41) is 20.9. The molecule has 2 rings (SSSR count). The van der Waals surface area contributed by atoms with E-state index in [2.05, 4.69) is 5.32 Å². The minimum atomic E-state index is -1.75. The Morgan fingerprint density at radius 2 is 2.00 bits per heavy atom. The first-order valence-corrected chi connectivity index (χ1v) is 5.24. The van der Waals surface area contributed by atoms with Crippen molar-refractivity contribution in [3.05, 3.63) is 29.1 Å². The maximum Gasteiger partial charge on any atom is 0.307 e. The summed E-state index contributed by atoms with van der Waals surface area (Å²) in [5.41, 5.74) is -0.171. The average molecular weight is 261 g/mol. The van der Waals surface area contributed by atoms with Gasteiger partial charge in [-0.05, 0) is 12.5 Å². The van der Waals surface area contributed by atoms with Gasteiger partial charge in [-0.1, -0.05) is 0 Å². The highest BCUT2D eigenvalue weighted by Crippen LogP contribution is 2.35. The number of halogens is 3. The molecular formula is C11H10F3NO3. The molecule has 1 aromatic rings. The van der Waals surface area contributed by atoms with Gasteiger partial charge in [0.15, 0.2) is 17.4 Å². The Morgan fingerprint density at radius 3 is 2.56 bits per heavy atom. The lowest BCUT2D eigenvalue weighted by molar-refractivity contribution is -0.141. The maximum atomic E-state index is 13.2. The van der Waals surface area contributed by atoms with Crippen LogP contribution in [0.25, 0.3) is 0 Å². The molecule has 0 spiro atoms. The summed E-state index contributed by atoms with van der Waals surface area (Å²) < 4.78 is 39.0. The predicted octanol–water partition coefficient (Wildman–Crippen LogP) is 1.54. The zero-order chi connectivity index (χ0) is 13.4. The van der Waals surface area contributed by atoms with Gasteiger partial charge in [0, 0.05) is 18.2 Å². The molecule has 1 aromatic carbocycles. The number of phenolic OH excluding ortho intramolecular Hbond substituents is 1. The standard InChI is InChI=1S/C11H10F3NO3/c12-6-2-5(10(16)9(14)8(6)13)7-1-4(3-15-7)11(17)18/h2,4,7,15-16H,1,3H2,(H,17,18).